The number of fused-ring (bicyclic) bond motifs is 1. The molecule has 1 atom stereocenters. The van der Waals surface area contributed by atoms with Crippen LogP contribution in [0.3, 0.4) is 0 Å². The predicted molar refractivity (Wildman–Crippen MR) is 95.6 cm³/mol. The lowest BCUT2D eigenvalue weighted by molar-refractivity contribution is 0.211. The molecule has 2 aliphatic rings. The zero-order valence-electron chi connectivity index (χ0n) is 14.6. The number of pyridine rings is 1. The summed E-state index contributed by atoms with van der Waals surface area (Å²) in [5.41, 5.74) is 3.26. The molecule has 0 bridgehead atoms. The third kappa shape index (κ3) is 3.18. The monoisotopic (exact) mass is 340 g/mol. The van der Waals surface area contributed by atoms with Crippen LogP contribution in [0.1, 0.15) is 36.2 Å². The Morgan fingerprint density at radius 1 is 1.16 bits per heavy atom. The zero-order chi connectivity index (χ0) is 17.4. The van der Waals surface area contributed by atoms with E-state index in [-0.39, 0.29) is 11.1 Å². The van der Waals surface area contributed by atoms with Crippen molar-refractivity contribution in [3.63, 3.8) is 0 Å². The highest BCUT2D eigenvalue weighted by Gasteiger charge is 2.26. The zero-order valence-corrected chi connectivity index (χ0v) is 14.6. The van der Waals surface area contributed by atoms with E-state index < -0.39 is 0 Å². The molecule has 132 valence electrons. The van der Waals surface area contributed by atoms with Crippen molar-refractivity contribution in [1.29, 1.82) is 0 Å². The Hall–Kier alpha value is -2.21. The van der Waals surface area contributed by atoms with Crippen LogP contribution >= 0.6 is 0 Å². The van der Waals surface area contributed by atoms with Gasteiger partial charge in [0.1, 0.15) is 0 Å². The molecular weight excluding hydrogens is 316 g/mol. The minimum absolute atomic E-state index is 0.0135. The summed E-state index contributed by atoms with van der Waals surface area (Å²) in [7, 11) is 1.81. The van der Waals surface area contributed by atoms with E-state index in [9.17, 15) is 9.59 Å². The number of hydrogen-bond donors (Lipinski definition) is 0. The second-order valence-electron chi connectivity index (χ2n) is 7.17. The smallest absolute Gasteiger partial charge is 0.267 e. The van der Waals surface area contributed by atoms with Gasteiger partial charge in [-0.1, -0.05) is 6.07 Å². The maximum atomic E-state index is 12.4. The standard InChI is InChI=1S/C19H24N4O2/c1-21-15(6-3-9-18(21)24)12-22-10-4-7-16(22)13-23-19(25)11-14-5-2-8-17(14)20-23/h3,6,9,11,16H,2,4-5,7-8,10,12-13H2,1H3. The van der Waals surface area contributed by atoms with Gasteiger partial charge in [0.15, 0.2) is 0 Å². The van der Waals surface area contributed by atoms with Crippen LogP contribution in [0.2, 0.25) is 0 Å². The Bertz CT molecular complexity index is 899. The van der Waals surface area contributed by atoms with Crippen LogP contribution in [0.5, 0.6) is 0 Å². The van der Waals surface area contributed by atoms with Crippen molar-refractivity contribution in [3.05, 3.63) is 61.9 Å². The van der Waals surface area contributed by atoms with Crippen LogP contribution < -0.4 is 11.1 Å². The quantitative estimate of drug-likeness (QED) is 0.836. The maximum absolute atomic E-state index is 12.4. The van der Waals surface area contributed by atoms with Crippen LogP contribution in [-0.4, -0.2) is 31.8 Å². The molecule has 1 aliphatic carbocycles. The molecule has 3 heterocycles. The lowest BCUT2D eigenvalue weighted by Gasteiger charge is -2.25. The highest BCUT2D eigenvalue weighted by atomic mass is 16.1. The van der Waals surface area contributed by atoms with Crippen LogP contribution in [0, 0.1) is 0 Å². The van der Waals surface area contributed by atoms with Gasteiger partial charge in [-0.2, -0.15) is 5.10 Å². The van der Waals surface area contributed by atoms with E-state index in [0.717, 1.165) is 62.1 Å². The minimum atomic E-state index is 0.0135. The van der Waals surface area contributed by atoms with E-state index >= 15 is 0 Å². The van der Waals surface area contributed by atoms with Gasteiger partial charge >= 0.3 is 0 Å². The van der Waals surface area contributed by atoms with E-state index in [1.807, 2.05) is 19.2 Å². The Morgan fingerprint density at radius 2 is 2.04 bits per heavy atom. The van der Waals surface area contributed by atoms with Gasteiger partial charge in [-0.15, -0.1) is 0 Å². The first-order valence-corrected chi connectivity index (χ1v) is 9.11. The van der Waals surface area contributed by atoms with Crippen molar-refractivity contribution in [2.24, 2.45) is 7.05 Å². The number of hydrogen-bond acceptors (Lipinski definition) is 4. The molecule has 2 aromatic rings. The molecule has 0 N–H and O–H groups in total. The lowest BCUT2D eigenvalue weighted by atomic mass is 10.2. The number of nitrogens with zero attached hydrogens (tertiary/aromatic N) is 4. The number of likely N-dealkylation sites (tertiary alicyclic amines) is 1. The van der Waals surface area contributed by atoms with E-state index in [4.69, 9.17) is 0 Å². The molecular formula is C19H24N4O2. The van der Waals surface area contributed by atoms with Gasteiger partial charge in [-0.25, -0.2) is 4.68 Å². The van der Waals surface area contributed by atoms with E-state index in [0.29, 0.717) is 12.6 Å². The summed E-state index contributed by atoms with van der Waals surface area (Å²) in [5, 5.41) is 4.61. The van der Waals surface area contributed by atoms with Crippen LogP contribution in [0.15, 0.2) is 33.9 Å². The van der Waals surface area contributed by atoms with Crippen molar-refractivity contribution in [2.45, 2.75) is 51.2 Å². The van der Waals surface area contributed by atoms with E-state index in [1.54, 1.807) is 21.4 Å². The van der Waals surface area contributed by atoms with Gasteiger partial charge in [-0.05, 0) is 50.3 Å². The van der Waals surface area contributed by atoms with Gasteiger partial charge in [0.2, 0.25) is 5.56 Å². The summed E-state index contributed by atoms with van der Waals surface area (Å²) in [6.07, 6.45) is 5.24. The molecule has 4 rings (SSSR count). The summed E-state index contributed by atoms with van der Waals surface area (Å²) >= 11 is 0. The summed E-state index contributed by atoms with van der Waals surface area (Å²) in [6.45, 7) is 2.36. The van der Waals surface area contributed by atoms with Crippen molar-refractivity contribution >= 4 is 0 Å². The predicted octanol–water partition coefficient (Wildman–Crippen LogP) is 1.10. The molecule has 25 heavy (non-hydrogen) atoms. The Labute approximate surface area is 146 Å². The molecule has 0 amide bonds. The van der Waals surface area contributed by atoms with E-state index in [1.165, 1.54) is 0 Å². The first kappa shape index (κ1) is 16.3. The maximum Gasteiger partial charge on any atom is 0.267 e. The molecule has 0 saturated carbocycles. The first-order valence-electron chi connectivity index (χ1n) is 9.11. The van der Waals surface area contributed by atoms with Crippen molar-refractivity contribution in [3.8, 4) is 0 Å². The summed E-state index contributed by atoms with van der Waals surface area (Å²) < 4.78 is 3.35. The van der Waals surface area contributed by atoms with Crippen molar-refractivity contribution in [2.75, 3.05) is 6.54 Å². The SMILES string of the molecule is Cn1c(CN2CCCC2Cn2nc3c(cc2=O)CCC3)cccc1=O. The number of aromatic nitrogens is 3. The van der Waals surface area contributed by atoms with Crippen molar-refractivity contribution < 1.29 is 0 Å². The van der Waals surface area contributed by atoms with Crippen LogP contribution in [-0.2, 0) is 33.0 Å². The van der Waals surface area contributed by atoms with Gasteiger partial charge < -0.3 is 4.57 Å². The third-order valence-corrected chi connectivity index (χ3v) is 5.56. The summed E-state index contributed by atoms with van der Waals surface area (Å²) in [6, 6.07) is 7.46. The fraction of sp³-hybridized carbons (Fsp3) is 0.526. The van der Waals surface area contributed by atoms with Crippen molar-refractivity contribution in [1.82, 2.24) is 19.2 Å². The Morgan fingerprint density at radius 3 is 2.92 bits per heavy atom. The highest BCUT2D eigenvalue weighted by molar-refractivity contribution is 5.22. The fourth-order valence-electron chi connectivity index (χ4n) is 4.05. The fourth-order valence-corrected chi connectivity index (χ4v) is 4.05. The molecule has 0 radical (unpaired) electrons. The number of aryl methyl sites for hydroxylation is 2. The number of rotatable bonds is 4. The molecule has 0 spiro atoms. The van der Waals surface area contributed by atoms with Gasteiger partial charge in [-0.3, -0.25) is 14.5 Å². The average molecular weight is 340 g/mol. The van der Waals surface area contributed by atoms with Gasteiger partial charge in [0, 0.05) is 37.5 Å². The molecule has 6 heteroatoms. The highest BCUT2D eigenvalue weighted by Crippen LogP contribution is 2.22. The average Bonchev–Trinajstić information content (AvgIpc) is 3.21. The second-order valence-corrected chi connectivity index (χ2v) is 7.17. The molecule has 1 saturated heterocycles. The molecule has 1 fully saturated rings. The minimum Gasteiger partial charge on any atom is -0.314 e. The van der Waals surface area contributed by atoms with E-state index in [2.05, 4.69) is 10.00 Å². The molecule has 1 unspecified atom stereocenters. The Balaban J connectivity index is 1.53. The van der Waals surface area contributed by atoms with Gasteiger partial charge in [0.05, 0.1) is 12.2 Å². The topological polar surface area (TPSA) is 60.1 Å². The Kier molecular flexibility index (Phi) is 4.29. The summed E-state index contributed by atoms with van der Waals surface area (Å²) in [4.78, 5) is 26.6. The van der Waals surface area contributed by atoms with Crippen LogP contribution in [0.25, 0.3) is 0 Å². The largest absolute Gasteiger partial charge is 0.314 e. The third-order valence-electron chi connectivity index (χ3n) is 5.56. The van der Waals surface area contributed by atoms with Crippen LogP contribution in [0.4, 0.5) is 0 Å². The second kappa shape index (κ2) is 6.59. The molecule has 1 aliphatic heterocycles. The molecule has 6 nitrogen and oxygen atoms in total. The van der Waals surface area contributed by atoms with Gasteiger partial charge in [0.25, 0.3) is 5.56 Å². The molecule has 0 aromatic carbocycles. The lowest BCUT2D eigenvalue weighted by Crippen LogP contribution is -2.38. The first-order chi connectivity index (χ1) is 12.1. The normalized spacial score (nSPS) is 20.1. The molecule has 2 aromatic heterocycles. The summed E-state index contributed by atoms with van der Waals surface area (Å²) in [5.74, 6) is 0.